The largest absolute Gasteiger partial charge is 0.462 e. The van der Waals surface area contributed by atoms with Crippen molar-refractivity contribution in [2.24, 2.45) is 0 Å². The molecule has 0 bridgehead atoms. The van der Waals surface area contributed by atoms with Crippen LogP contribution in [0.25, 0.3) is 33.7 Å². The van der Waals surface area contributed by atoms with E-state index < -0.39 is 6.10 Å². The van der Waals surface area contributed by atoms with Crippen molar-refractivity contribution in [2.45, 2.75) is 24.4 Å². The van der Waals surface area contributed by atoms with Crippen LogP contribution >= 0.6 is 11.6 Å². The maximum atomic E-state index is 9.88. The average Bonchev–Trinajstić information content (AvgIpc) is 3.55. The Labute approximate surface area is 181 Å². The molecule has 4 aromatic rings. The number of aromatic nitrogens is 3. The number of aliphatic hydroxyl groups excluding tert-OH is 1. The number of H-pyrrole nitrogens is 1. The molecule has 5 heterocycles. The Bertz CT molecular complexity index is 1240. The van der Waals surface area contributed by atoms with Gasteiger partial charge in [0, 0.05) is 5.56 Å². The lowest BCUT2D eigenvalue weighted by molar-refractivity contribution is 0.00706. The molecule has 3 aromatic heterocycles. The van der Waals surface area contributed by atoms with E-state index >= 15 is 0 Å². The van der Waals surface area contributed by atoms with Gasteiger partial charge in [0.1, 0.15) is 24.0 Å². The van der Waals surface area contributed by atoms with E-state index in [9.17, 15) is 5.11 Å². The molecular formula is C22H18ClN3O5. The first-order chi connectivity index (χ1) is 15.2. The van der Waals surface area contributed by atoms with E-state index in [2.05, 4.69) is 15.0 Å². The zero-order valence-corrected chi connectivity index (χ0v) is 17.0. The third-order valence-electron chi connectivity index (χ3n) is 5.59. The van der Waals surface area contributed by atoms with Crippen LogP contribution in [0.4, 0.5) is 0 Å². The van der Waals surface area contributed by atoms with Crippen LogP contribution in [-0.4, -0.2) is 57.7 Å². The maximum Gasteiger partial charge on any atom is 0.296 e. The number of nitrogens with zero attached hydrogens (tertiary/aromatic N) is 2. The first-order valence-electron chi connectivity index (χ1n) is 9.94. The minimum absolute atomic E-state index is 0.240. The summed E-state index contributed by atoms with van der Waals surface area (Å²) in [5.74, 6) is 0.552. The summed E-state index contributed by atoms with van der Waals surface area (Å²) in [6.07, 6.45) is -0.0120. The SMILES string of the molecule is O[C@@H]1CO[C@H]2[C@@H]1OC[C@H]2Oc1nc2nc(-c3cc(-c4ccccc4)co3)c(Cl)cc2[nH]1. The molecule has 2 aliphatic heterocycles. The van der Waals surface area contributed by atoms with Crippen LogP contribution in [0.1, 0.15) is 0 Å². The number of rotatable bonds is 4. The predicted octanol–water partition coefficient (Wildman–Crippen LogP) is 3.44. The molecule has 6 rings (SSSR count). The molecule has 31 heavy (non-hydrogen) atoms. The summed E-state index contributed by atoms with van der Waals surface area (Å²) in [6.45, 7) is 0.557. The highest BCUT2D eigenvalue weighted by Gasteiger charge is 2.48. The van der Waals surface area contributed by atoms with Crippen molar-refractivity contribution in [3.8, 4) is 28.6 Å². The molecule has 2 N–H and O–H groups in total. The zero-order valence-electron chi connectivity index (χ0n) is 16.2. The van der Waals surface area contributed by atoms with Crippen molar-refractivity contribution in [2.75, 3.05) is 13.2 Å². The van der Waals surface area contributed by atoms with Gasteiger partial charge in [-0.3, -0.25) is 0 Å². The molecule has 4 atom stereocenters. The van der Waals surface area contributed by atoms with Crippen molar-refractivity contribution in [3.63, 3.8) is 0 Å². The Morgan fingerprint density at radius 2 is 1.87 bits per heavy atom. The summed E-state index contributed by atoms with van der Waals surface area (Å²) in [5, 5.41) is 10.3. The van der Waals surface area contributed by atoms with Crippen LogP contribution in [-0.2, 0) is 9.47 Å². The number of furan rings is 1. The predicted molar refractivity (Wildman–Crippen MR) is 112 cm³/mol. The van der Waals surface area contributed by atoms with E-state index in [1.54, 1.807) is 12.3 Å². The van der Waals surface area contributed by atoms with Crippen molar-refractivity contribution < 1.29 is 23.7 Å². The topological polar surface area (TPSA) is 103 Å². The number of aromatic amines is 1. The van der Waals surface area contributed by atoms with Gasteiger partial charge in [0.15, 0.2) is 17.5 Å². The molecule has 9 heteroatoms. The molecule has 2 saturated heterocycles. The highest BCUT2D eigenvalue weighted by Crippen LogP contribution is 2.34. The lowest BCUT2D eigenvalue weighted by Gasteiger charge is -2.15. The highest BCUT2D eigenvalue weighted by molar-refractivity contribution is 6.33. The van der Waals surface area contributed by atoms with E-state index in [-0.39, 0.29) is 24.9 Å². The van der Waals surface area contributed by atoms with E-state index in [1.165, 1.54) is 0 Å². The zero-order chi connectivity index (χ0) is 20.9. The summed E-state index contributed by atoms with van der Waals surface area (Å²) in [6, 6.07) is 13.9. The third-order valence-corrected chi connectivity index (χ3v) is 5.88. The monoisotopic (exact) mass is 439 g/mol. The van der Waals surface area contributed by atoms with Gasteiger partial charge in [-0.05, 0) is 17.7 Å². The summed E-state index contributed by atoms with van der Waals surface area (Å²) in [4.78, 5) is 12.1. The fraction of sp³-hybridized carbons (Fsp3) is 0.273. The summed E-state index contributed by atoms with van der Waals surface area (Å²) < 4.78 is 22.9. The Morgan fingerprint density at radius 1 is 1.03 bits per heavy atom. The Kier molecular flexibility index (Phi) is 4.46. The number of hydrogen-bond donors (Lipinski definition) is 2. The van der Waals surface area contributed by atoms with Crippen molar-refractivity contribution in [1.82, 2.24) is 15.0 Å². The molecule has 0 aliphatic carbocycles. The molecule has 0 amide bonds. The molecule has 8 nitrogen and oxygen atoms in total. The Morgan fingerprint density at radius 3 is 2.74 bits per heavy atom. The van der Waals surface area contributed by atoms with E-state index in [1.807, 2.05) is 36.4 Å². The first-order valence-corrected chi connectivity index (χ1v) is 10.3. The van der Waals surface area contributed by atoms with Gasteiger partial charge in [0.25, 0.3) is 6.01 Å². The van der Waals surface area contributed by atoms with Crippen LogP contribution < -0.4 is 4.74 Å². The Hall–Kier alpha value is -2.91. The van der Waals surface area contributed by atoms with Crippen LogP contribution in [0.3, 0.4) is 0 Å². The quantitative estimate of drug-likeness (QED) is 0.502. The second kappa shape index (κ2) is 7.35. The van der Waals surface area contributed by atoms with Crippen LogP contribution in [0.2, 0.25) is 5.02 Å². The van der Waals surface area contributed by atoms with Gasteiger partial charge >= 0.3 is 0 Å². The molecule has 0 radical (unpaired) electrons. The molecule has 2 aliphatic rings. The maximum absolute atomic E-state index is 9.88. The molecule has 1 aromatic carbocycles. The van der Waals surface area contributed by atoms with Gasteiger partial charge in [-0.15, -0.1) is 0 Å². The summed E-state index contributed by atoms with van der Waals surface area (Å²) in [7, 11) is 0. The van der Waals surface area contributed by atoms with Crippen molar-refractivity contribution in [1.29, 1.82) is 0 Å². The number of ether oxygens (including phenoxy) is 3. The van der Waals surface area contributed by atoms with Crippen molar-refractivity contribution in [3.05, 3.63) is 53.8 Å². The minimum atomic E-state index is -0.633. The minimum Gasteiger partial charge on any atom is -0.462 e. The second-order valence-corrected chi connectivity index (χ2v) is 8.02. The first kappa shape index (κ1) is 18.8. The number of hydrogen-bond acceptors (Lipinski definition) is 7. The number of imidazole rings is 1. The number of nitrogens with one attached hydrogen (secondary N) is 1. The normalized spacial score (nSPS) is 25.2. The summed E-state index contributed by atoms with van der Waals surface area (Å²) >= 11 is 6.48. The Balaban J connectivity index is 1.28. The average molecular weight is 440 g/mol. The highest BCUT2D eigenvalue weighted by atomic mass is 35.5. The fourth-order valence-corrected chi connectivity index (χ4v) is 4.30. The lowest BCUT2D eigenvalue weighted by Crippen LogP contribution is -2.34. The molecule has 158 valence electrons. The molecule has 0 spiro atoms. The van der Waals surface area contributed by atoms with Crippen LogP contribution in [0.15, 0.2) is 53.1 Å². The van der Waals surface area contributed by atoms with Crippen LogP contribution in [0, 0.1) is 0 Å². The number of benzene rings is 1. The number of aliphatic hydroxyl groups is 1. The van der Waals surface area contributed by atoms with Gasteiger partial charge < -0.3 is 28.7 Å². The van der Waals surface area contributed by atoms with E-state index in [0.717, 1.165) is 11.1 Å². The lowest BCUT2D eigenvalue weighted by atomic mass is 10.1. The molecule has 2 fully saturated rings. The molecular weight excluding hydrogens is 422 g/mol. The summed E-state index contributed by atoms with van der Waals surface area (Å²) in [5.41, 5.74) is 3.58. The van der Waals surface area contributed by atoms with Crippen molar-refractivity contribution >= 4 is 22.8 Å². The van der Waals surface area contributed by atoms with Gasteiger partial charge in [-0.25, -0.2) is 4.98 Å². The number of fused-ring (bicyclic) bond motifs is 2. The second-order valence-electron chi connectivity index (χ2n) is 7.62. The number of pyridine rings is 1. The smallest absolute Gasteiger partial charge is 0.296 e. The molecule has 0 saturated carbocycles. The van der Waals surface area contributed by atoms with Crippen LogP contribution in [0.5, 0.6) is 6.01 Å². The third kappa shape index (κ3) is 3.28. The standard InChI is InChI=1S/C22H18ClN3O5/c23-13-7-14-21(25-18(13)16-6-12(8-28-16)11-4-2-1-3-5-11)26-22(24-14)31-17-10-30-19-15(27)9-29-20(17)19/h1-8,15,17,19-20,27H,9-10H2,(H,24,25,26)/t15-,17-,19-,20-/m1/s1. The van der Waals surface area contributed by atoms with Gasteiger partial charge in [-0.1, -0.05) is 41.9 Å². The van der Waals surface area contributed by atoms with E-state index in [4.69, 9.17) is 30.2 Å². The number of halogens is 1. The van der Waals surface area contributed by atoms with Gasteiger partial charge in [0.05, 0.1) is 30.0 Å². The van der Waals surface area contributed by atoms with Gasteiger partial charge in [-0.2, -0.15) is 4.98 Å². The fourth-order valence-electron chi connectivity index (χ4n) is 4.06. The van der Waals surface area contributed by atoms with Gasteiger partial charge in [0.2, 0.25) is 0 Å². The van der Waals surface area contributed by atoms with E-state index in [0.29, 0.717) is 40.3 Å². The molecule has 0 unspecified atom stereocenters.